The van der Waals surface area contributed by atoms with Crippen LogP contribution in [-0.4, -0.2) is 38.6 Å². The van der Waals surface area contributed by atoms with Crippen molar-refractivity contribution < 1.29 is 13.2 Å². The number of sulfonamides is 1. The topological polar surface area (TPSA) is 57.7 Å². The molecule has 0 aliphatic heterocycles. The van der Waals surface area contributed by atoms with Gasteiger partial charge in [0.05, 0.1) is 18.5 Å². The SMILES string of the molecule is Cc1ccc(N(Cc2ccc(C(=O)N(C)C3CCCC3)cc2)S(C)(=O)=O)cc1C. The fourth-order valence-corrected chi connectivity index (χ4v) is 4.74. The molecule has 0 atom stereocenters. The minimum atomic E-state index is -3.44. The molecule has 0 bridgehead atoms. The molecule has 1 fully saturated rings. The second-order valence-corrected chi connectivity index (χ2v) is 10.00. The minimum Gasteiger partial charge on any atom is -0.339 e. The van der Waals surface area contributed by atoms with E-state index in [0.29, 0.717) is 17.3 Å². The maximum absolute atomic E-state index is 12.7. The van der Waals surface area contributed by atoms with E-state index in [9.17, 15) is 13.2 Å². The van der Waals surface area contributed by atoms with E-state index in [-0.39, 0.29) is 12.5 Å². The molecule has 1 saturated carbocycles. The zero-order valence-corrected chi connectivity index (χ0v) is 18.5. The Hall–Kier alpha value is -2.34. The van der Waals surface area contributed by atoms with Crippen molar-refractivity contribution in [1.82, 2.24) is 4.90 Å². The summed E-state index contributed by atoms with van der Waals surface area (Å²) in [5, 5.41) is 0. The van der Waals surface area contributed by atoms with Crippen LogP contribution in [0.25, 0.3) is 0 Å². The van der Waals surface area contributed by atoms with Crippen molar-refractivity contribution in [3.05, 3.63) is 64.7 Å². The first-order valence-electron chi connectivity index (χ1n) is 10.1. The minimum absolute atomic E-state index is 0.0255. The third kappa shape index (κ3) is 4.99. The first-order chi connectivity index (χ1) is 13.7. The van der Waals surface area contributed by atoms with Gasteiger partial charge in [-0.1, -0.05) is 31.0 Å². The van der Waals surface area contributed by atoms with E-state index in [1.54, 1.807) is 12.1 Å². The molecule has 29 heavy (non-hydrogen) atoms. The molecule has 5 nitrogen and oxygen atoms in total. The summed E-state index contributed by atoms with van der Waals surface area (Å²) in [6.07, 6.45) is 5.72. The van der Waals surface area contributed by atoms with Crippen molar-refractivity contribution in [2.24, 2.45) is 0 Å². The molecule has 6 heteroatoms. The number of nitrogens with zero attached hydrogens (tertiary/aromatic N) is 2. The highest BCUT2D eigenvalue weighted by Gasteiger charge is 2.24. The third-order valence-corrected chi connectivity index (χ3v) is 7.04. The predicted octanol–water partition coefficient (Wildman–Crippen LogP) is 4.28. The van der Waals surface area contributed by atoms with E-state index in [1.807, 2.05) is 56.1 Å². The van der Waals surface area contributed by atoms with E-state index in [4.69, 9.17) is 0 Å². The highest BCUT2D eigenvalue weighted by molar-refractivity contribution is 7.92. The quantitative estimate of drug-likeness (QED) is 0.709. The standard InChI is InChI=1S/C23H30N2O3S/c1-17-9-14-22(15-18(17)2)25(29(4,27)28)16-19-10-12-20(13-11-19)23(26)24(3)21-7-5-6-8-21/h9-15,21H,5-8,16H2,1-4H3. The van der Waals surface area contributed by atoms with Gasteiger partial charge in [0, 0.05) is 18.7 Å². The van der Waals surface area contributed by atoms with Gasteiger partial charge in [-0.2, -0.15) is 0 Å². The van der Waals surface area contributed by atoms with Crippen molar-refractivity contribution in [1.29, 1.82) is 0 Å². The molecule has 1 aliphatic carbocycles. The summed E-state index contributed by atoms with van der Waals surface area (Å²) >= 11 is 0. The summed E-state index contributed by atoms with van der Waals surface area (Å²) < 4.78 is 26.2. The van der Waals surface area contributed by atoms with Gasteiger partial charge in [-0.3, -0.25) is 9.10 Å². The molecule has 0 aromatic heterocycles. The lowest BCUT2D eigenvalue weighted by Gasteiger charge is -2.25. The molecule has 0 N–H and O–H groups in total. The molecule has 1 amide bonds. The number of hydrogen-bond donors (Lipinski definition) is 0. The zero-order valence-electron chi connectivity index (χ0n) is 17.7. The highest BCUT2D eigenvalue weighted by Crippen LogP contribution is 2.25. The van der Waals surface area contributed by atoms with E-state index in [2.05, 4.69) is 0 Å². The lowest BCUT2D eigenvalue weighted by molar-refractivity contribution is 0.0735. The zero-order chi connectivity index (χ0) is 21.2. The first kappa shape index (κ1) is 21.4. The van der Waals surface area contributed by atoms with E-state index >= 15 is 0 Å². The fraction of sp³-hybridized carbons (Fsp3) is 0.435. The van der Waals surface area contributed by atoms with Crippen molar-refractivity contribution >= 4 is 21.6 Å². The molecule has 3 rings (SSSR count). The van der Waals surface area contributed by atoms with Crippen molar-refractivity contribution in [3.8, 4) is 0 Å². The maximum atomic E-state index is 12.7. The molecular formula is C23H30N2O3S. The Bertz CT molecular complexity index is 978. The predicted molar refractivity (Wildman–Crippen MR) is 118 cm³/mol. The lowest BCUT2D eigenvalue weighted by Crippen LogP contribution is -2.35. The maximum Gasteiger partial charge on any atom is 0.253 e. The van der Waals surface area contributed by atoms with Crippen LogP contribution < -0.4 is 4.31 Å². The molecular weight excluding hydrogens is 384 g/mol. The summed E-state index contributed by atoms with van der Waals surface area (Å²) in [5.74, 6) is 0.0255. The van der Waals surface area contributed by atoms with E-state index in [1.165, 1.54) is 23.4 Å². The van der Waals surface area contributed by atoms with Gasteiger partial charge in [0.25, 0.3) is 5.91 Å². The van der Waals surface area contributed by atoms with Gasteiger partial charge in [0.1, 0.15) is 0 Å². The summed E-state index contributed by atoms with van der Waals surface area (Å²) in [4.78, 5) is 14.6. The van der Waals surface area contributed by atoms with E-state index < -0.39 is 10.0 Å². The second-order valence-electron chi connectivity index (χ2n) is 8.09. The largest absolute Gasteiger partial charge is 0.339 e. The smallest absolute Gasteiger partial charge is 0.253 e. The van der Waals surface area contributed by atoms with Crippen molar-refractivity contribution in [2.75, 3.05) is 17.6 Å². The normalized spacial score (nSPS) is 14.8. The average molecular weight is 415 g/mol. The van der Waals surface area contributed by atoms with Gasteiger partial charge in [-0.25, -0.2) is 8.42 Å². The summed E-state index contributed by atoms with van der Waals surface area (Å²) in [7, 11) is -1.57. The summed E-state index contributed by atoms with van der Waals surface area (Å²) in [6.45, 7) is 4.21. The number of anilines is 1. The molecule has 156 valence electrons. The summed E-state index contributed by atoms with van der Waals surface area (Å²) in [6, 6.07) is 13.3. The molecule has 1 aliphatic rings. The van der Waals surface area contributed by atoms with Crippen LogP contribution in [0.1, 0.15) is 52.7 Å². The second kappa shape index (κ2) is 8.57. The van der Waals surface area contributed by atoms with Gasteiger partial charge in [0.15, 0.2) is 0 Å². The van der Waals surface area contributed by atoms with Crippen LogP contribution in [0.5, 0.6) is 0 Å². The van der Waals surface area contributed by atoms with Gasteiger partial charge in [-0.05, 0) is 67.6 Å². The number of benzene rings is 2. The molecule has 0 spiro atoms. The highest BCUT2D eigenvalue weighted by atomic mass is 32.2. The number of amides is 1. The van der Waals surface area contributed by atoms with Crippen molar-refractivity contribution in [3.63, 3.8) is 0 Å². The van der Waals surface area contributed by atoms with Crippen LogP contribution >= 0.6 is 0 Å². The fourth-order valence-electron chi connectivity index (χ4n) is 3.86. The number of hydrogen-bond acceptors (Lipinski definition) is 3. The van der Waals surface area contributed by atoms with Gasteiger partial charge in [-0.15, -0.1) is 0 Å². The monoisotopic (exact) mass is 414 g/mol. The Morgan fingerprint density at radius 3 is 2.17 bits per heavy atom. The van der Waals surface area contributed by atoms with Crippen LogP contribution in [-0.2, 0) is 16.6 Å². The Labute approximate surface area is 174 Å². The Morgan fingerprint density at radius 2 is 1.62 bits per heavy atom. The third-order valence-electron chi connectivity index (χ3n) is 5.90. The van der Waals surface area contributed by atoms with Crippen LogP contribution in [0.2, 0.25) is 0 Å². The number of carbonyl (C=O) groups is 1. The number of carbonyl (C=O) groups excluding carboxylic acids is 1. The molecule has 2 aromatic rings. The van der Waals surface area contributed by atoms with Crippen molar-refractivity contribution in [2.45, 2.75) is 52.1 Å². The Balaban J connectivity index is 1.78. The first-order valence-corrected chi connectivity index (χ1v) is 11.9. The molecule has 0 radical (unpaired) electrons. The molecule has 0 unspecified atom stereocenters. The van der Waals surface area contributed by atoms with Gasteiger partial charge >= 0.3 is 0 Å². The molecule has 2 aromatic carbocycles. The molecule has 0 heterocycles. The van der Waals surface area contributed by atoms with Crippen LogP contribution in [0, 0.1) is 13.8 Å². The van der Waals surface area contributed by atoms with Crippen LogP contribution in [0.3, 0.4) is 0 Å². The number of aryl methyl sites for hydroxylation is 2. The molecule has 0 saturated heterocycles. The number of rotatable bonds is 6. The Kier molecular flexibility index (Phi) is 6.32. The van der Waals surface area contributed by atoms with E-state index in [0.717, 1.165) is 29.5 Å². The van der Waals surface area contributed by atoms with Crippen LogP contribution in [0.15, 0.2) is 42.5 Å². The van der Waals surface area contributed by atoms with Crippen LogP contribution in [0.4, 0.5) is 5.69 Å². The van der Waals surface area contributed by atoms with Gasteiger partial charge in [0.2, 0.25) is 10.0 Å². The van der Waals surface area contributed by atoms with Gasteiger partial charge < -0.3 is 4.90 Å². The Morgan fingerprint density at radius 1 is 1.00 bits per heavy atom. The average Bonchev–Trinajstić information content (AvgIpc) is 3.21. The summed E-state index contributed by atoms with van der Waals surface area (Å²) in [5.41, 5.74) is 4.30. The lowest BCUT2D eigenvalue weighted by atomic mass is 10.1.